The van der Waals surface area contributed by atoms with Crippen LogP contribution in [0.25, 0.3) is 0 Å². The van der Waals surface area contributed by atoms with Crippen LogP contribution in [0.2, 0.25) is 0 Å². The molecule has 0 aliphatic rings. The molecule has 0 fully saturated rings. The van der Waals surface area contributed by atoms with Gasteiger partial charge < -0.3 is 5.73 Å². The van der Waals surface area contributed by atoms with E-state index in [9.17, 15) is 4.79 Å². The Morgan fingerprint density at radius 1 is 1.62 bits per heavy atom. The molecule has 1 aromatic heterocycles. The molecule has 0 aliphatic heterocycles. The van der Waals surface area contributed by atoms with Crippen LogP contribution in [-0.2, 0) is 24.7 Å². The highest BCUT2D eigenvalue weighted by Gasteiger charge is 2.18. The van der Waals surface area contributed by atoms with E-state index in [0.717, 1.165) is 22.3 Å². The van der Waals surface area contributed by atoms with Crippen molar-refractivity contribution in [3.63, 3.8) is 0 Å². The van der Waals surface area contributed by atoms with Gasteiger partial charge in [-0.3, -0.25) is 9.48 Å². The summed E-state index contributed by atoms with van der Waals surface area (Å²) >= 11 is 3.49. The van der Waals surface area contributed by atoms with Gasteiger partial charge in [-0.15, -0.1) is 0 Å². The molecule has 1 unspecified atom stereocenters. The van der Waals surface area contributed by atoms with Gasteiger partial charge in [-0.05, 0) is 22.4 Å². The zero-order valence-corrected chi connectivity index (χ0v) is 11.5. The van der Waals surface area contributed by atoms with Gasteiger partial charge in [0.15, 0.2) is 0 Å². The predicted octanol–water partition coefficient (Wildman–Crippen LogP) is 1.45. The largest absolute Gasteiger partial charge is 0.330 e. The fourth-order valence-electron chi connectivity index (χ4n) is 1.48. The van der Waals surface area contributed by atoms with E-state index >= 15 is 0 Å². The topological polar surface area (TPSA) is 60.9 Å². The number of aromatic nitrogens is 2. The number of halogens is 1. The summed E-state index contributed by atoms with van der Waals surface area (Å²) in [6.07, 6.45) is 1.25. The van der Waals surface area contributed by atoms with Crippen LogP contribution in [0.4, 0.5) is 0 Å². The SMILES string of the molecule is CCc1nn(C)c(CC(=O)C(C)CN)c1Br. The molecule has 5 heteroatoms. The molecule has 90 valence electrons. The van der Waals surface area contributed by atoms with Crippen molar-refractivity contribution in [1.82, 2.24) is 9.78 Å². The smallest absolute Gasteiger partial charge is 0.142 e. The van der Waals surface area contributed by atoms with Gasteiger partial charge in [0.25, 0.3) is 0 Å². The van der Waals surface area contributed by atoms with E-state index in [-0.39, 0.29) is 11.7 Å². The standard InChI is InChI=1S/C11H18BrN3O/c1-4-8-11(12)9(15(3)14-8)5-10(16)7(2)6-13/h7H,4-6,13H2,1-3H3. The lowest BCUT2D eigenvalue weighted by atomic mass is 10.0. The Labute approximate surface area is 104 Å². The lowest BCUT2D eigenvalue weighted by Crippen LogP contribution is -2.23. The Morgan fingerprint density at radius 2 is 2.25 bits per heavy atom. The minimum atomic E-state index is -0.0909. The number of aryl methyl sites for hydroxylation is 2. The molecule has 0 aliphatic carbocycles. The lowest BCUT2D eigenvalue weighted by molar-refractivity contribution is -0.121. The molecule has 1 aromatic rings. The van der Waals surface area contributed by atoms with Crippen LogP contribution < -0.4 is 5.73 Å². The van der Waals surface area contributed by atoms with Gasteiger partial charge in [-0.25, -0.2) is 0 Å². The molecule has 0 bridgehead atoms. The fourth-order valence-corrected chi connectivity index (χ4v) is 2.24. The van der Waals surface area contributed by atoms with E-state index < -0.39 is 0 Å². The van der Waals surface area contributed by atoms with Crippen molar-refractivity contribution in [3.8, 4) is 0 Å². The van der Waals surface area contributed by atoms with Crippen LogP contribution >= 0.6 is 15.9 Å². The molecule has 2 N–H and O–H groups in total. The number of rotatable bonds is 5. The maximum Gasteiger partial charge on any atom is 0.142 e. The van der Waals surface area contributed by atoms with Crippen molar-refractivity contribution in [1.29, 1.82) is 0 Å². The van der Waals surface area contributed by atoms with Crippen molar-refractivity contribution < 1.29 is 4.79 Å². The van der Waals surface area contributed by atoms with Crippen molar-refractivity contribution in [3.05, 3.63) is 15.9 Å². The Bertz CT molecular complexity index is 387. The monoisotopic (exact) mass is 287 g/mol. The average Bonchev–Trinajstić information content (AvgIpc) is 2.55. The van der Waals surface area contributed by atoms with E-state index in [0.29, 0.717) is 13.0 Å². The summed E-state index contributed by atoms with van der Waals surface area (Å²) < 4.78 is 2.72. The Balaban J connectivity index is 2.89. The van der Waals surface area contributed by atoms with Crippen molar-refractivity contribution in [2.24, 2.45) is 18.7 Å². The third-order valence-corrected chi connectivity index (χ3v) is 3.66. The summed E-state index contributed by atoms with van der Waals surface area (Å²) in [6.45, 7) is 4.30. The molecular weight excluding hydrogens is 270 g/mol. The van der Waals surface area contributed by atoms with Gasteiger partial charge >= 0.3 is 0 Å². The number of carbonyl (C=O) groups excluding carboxylic acids is 1. The number of carbonyl (C=O) groups is 1. The summed E-state index contributed by atoms with van der Waals surface area (Å²) in [7, 11) is 1.86. The van der Waals surface area contributed by atoms with E-state index in [2.05, 4.69) is 21.0 Å². The Hall–Kier alpha value is -0.680. The molecule has 1 rings (SSSR count). The maximum absolute atomic E-state index is 11.8. The molecule has 1 atom stereocenters. The fraction of sp³-hybridized carbons (Fsp3) is 0.636. The van der Waals surface area contributed by atoms with E-state index in [4.69, 9.17) is 5.73 Å². The van der Waals surface area contributed by atoms with Gasteiger partial charge in [-0.2, -0.15) is 5.10 Å². The van der Waals surface area contributed by atoms with Crippen molar-refractivity contribution in [2.75, 3.05) is 6.54 Å². The first-order chi connectivity index (χ1) is 7.51. The van der Waals surface area contributed by atoms with Gasteiger partial charge in [0, 0.05) is 25.9 Å². The van der Waals surface area contributed by atoms with E-state index in [1.54, 1.807) is 4.68 Å². The third-order valence-electron chi connectivity index (χ3n) is 2.75. The first-order valence-electron chi connectivity index (χ1n) is 5.44. The number of hydrogen-bond donors (Lipinski definition) is 1. The molecule has 0 saturated carbocycles. The summed E-state index contributed by atoms with van der Waals surface area (Å²) in [5.41, 5.74) is 7.40. The number of nitrogens with zero attached hydrogens (tertiary/aromatic N) is 2. The molecule has 16 heavy (non-hydrogen) atoms. The van der Waals surface area contributed by atoms with Crippen LogP contribution in [0.15, 0.2) is 4.47 Å². The van der Waals surface area contributed by atoms with Crippen LogP contribution in [-0.4, -0.2) is 22.1 Å². The Morgan fingerprint density at radius 3 is 2.69 bits per heavy atom. The average molecular weight is 288 g/mol. The molecule has 0 spiro atoms. The normalized spacial score (nSPS) is 12.8. The maximum atomic E-state index is 11.8. The van der Waals surface area contributed by atoms with Crippen LogP contribution in [0.3, 0.4) is 0 Å². The summed E-state index contributed by atoms with van der Waals surface area (Å²) in [4.78, 5) is 11.8. The van der Waals surface area contributed by atoms with E-state index in [1.807, 2.05) is 20.9 Å². The van der Waals surface area contributed by atoms with Crippen molar-refractivity contribution in [2.45, 2.75) is 26.7 Å². The highest BCUT2D eigenvalue weighted by atomic mass is 79.9. The summed E-state index contributed by atoms with van der Waals surface area (Å²) in [5, 5.41) is 4.35. The van der Waals surface area contributed by atoms with Gasteiger partial charge in [0.2, 0.25) is 0 Å². The first-order valence-corrected chi connectivity index (χ1v) is 6.23. The van der Waals surface area contributed by atoms with E-state index in [1.165, 1.54) is 0 Å². The second-order valence-electron chi connectivity index (χ2n) is 3.96. The van der Waals surface area contributed by atoms with Crippen LogP contribution in [0.5, 0.6) is 0 Å². The second-order valence-corrected chi connectivity index (χ2v) is 4.76. The number of Topliss-reactive ketones (excluding diaryl/α,β-unsaturated/α-hetero) is 1. The third kappa shape index (κ3) is 2.71. The quantitative estimate of drug-likeness (QED) is 0.892. The minimum absolute atomic E-state index is 0.0909. The van der Waals surface area contributed by atoms with Crippen LogP contribution in [0, 0.1) is 5.92 Å². The predicted molar refractivity (Wildman–Crippen MR) is 67.2 cm³/mol. The first kappa shape index (κ1) is 13.4. The number of ketones is 1. The lowest BCUT2D eigenvalue weighted by Gasteiger charge is -2.07. The number of hydrogen-bond acceptors (Lipinski definition) is 3. The summed E-state index contributed by atoms with van der Waals surface area (Å²) in [6, 6.07) is 0. The molecular formula is C11H18BrN3O. The molecule has 1 heterocycles. The van der Waals surface area contributed by atoms with Crippen molar-refractivity contribution >= 4 is 21.7 Å². The molecule has 0 amide bonds. The zero-order valence-electron chi connectivity index (χ0n) is 9.96. The number of nitrogens with two attached hydrogens (primary N) is 1. The summed E-state index contributed by atoms with van der Waals surface area (Å²) in [5.74, 6) is 0.0701. The highest BCUT2D eigenvalue weighted by Crippen LogP contribution is 2.22. The van der Waals surface area contributed by atoms with Gasteiger partial charge in [-0.1, -0.05) is 13.8 Å². The molecule has 0 saturated heterocycles. The molecule has 0 radical (unpaired) electrons. The van der Waals surface area contributed by atoms with Gasteiger partial charge in [0.05, 0.1) is 15.9 Å². The Kier molecular flexibility index (Phi) is 4.68. The second kappa shape index (κ2) is 5.59. The molecule has 4 nitrogen and oxygen atoms in total. The highest BCUT2D eigenvalue weighted by molar-refractivity contribution is 9.10. The van der Waals surface area contributed by atoms with Gasteiger partial charge in [0.1, 0.15) is 5.78 Å². The van der Waals surface area contributed by atoms with Crippen LogP contribution in [0.1, 0.15) is 25.2 Å². The zero-order chi connectivity index (χ0) is 12.3. The minimum Gasteiger partial charge on any atom is -0.330 e. The molecule has 0 aromatic carbocycles.